The summed E-state index contributed by atoms with van der Waals surface area (Å²) in [6, 6.07) is 2.96. The van der Waals surface area contributed by atoms with Gasteiger partial charge in [-0.3, -0.25) is 4.79 Å². The van der Waals surface area contributed by atoms with E-state index in [0.717, 1.165) is 6.08 Å². The molecular weight excluding hydrogens is 509 g/mol. The monoisotopic (exact) mass is 538 g/mol. The lowest BCUT2D eigenvalue weighted by Crippen LogP contribution is -2.64. The lowest BCUT2D eigenvalue weighted by molar-refractivity contribution is -0.157. The molecule has 4 aliphatic rings. The van der Waals surface area contributed by atoms with Crippen LogP contribution in [0, 0.1) is 34.5 Å². The fourth-order valence-corrected chi connectivity index (χ4v) is 8.71. The van der Waals surface area contributed by atoms with Crippen molar-refractivity contribution in [1.82, 2.24) is 0 Å². The lowest BCUT2D eigenvalue weighted by Gasteiger charge is -2.60. The van der Waals surface area contributed by atoms with E-state index in [1.54, 1.807) is 6.92 Å². The van der Waals surface area contributed by atoms with Crippen molar-refractivity contribution < 1.29 is 41.8 Å². The molecule has 37 heavy (non-hydrogen) atoms. The third-order valence-corrected chi connectivity index (χ3v) is 10.1. The smallest absolute Gasteiger partial charge is 0.375 e. The van der Waals surface area contributed by atoms with Gasteiger partial charge in [-0.15, -0.1) is 0 Å². The molecule has 1 N–H and O–H groups in total. The van der Waals surface area contributed by atoms with Crippen LogP contribution in [0.1, 0.15) is 57.0 Å². The number of alkyl halides is 1. The zero-order valence-corrected chi connectivity index (χ0v) is 21.6. The highest BCUT2D eigenvalue weighted by atomic mass is 32.1. The number of fused-ring (bicyclic) bond motifs is 5. The Labute approximate surface area is 217 Å². The molecule has 4 aliphatic carbocycles. The van der Waals surface area contributed by atoms with E-state index in [-0.39, 0.29) is 29.1 Å². The summed E-state index contributed by atoms with van der Waals surface area (Å²) in [6.45, 7) is 3.97. The molecule has 0 saturated heterocycles. The quantitative estimate of drug-likeness (QED) is 0.397. The van der Waals surface area contributed by atoms with E-state index >= 15 is 4.39 Å². The summed E-state index contributed by atoms with van der Waals surface area (Å²) < 4.78 is 59.9. The van der Waals surface area contributed by atoms with E-state index < -0.39 is 64.6 Å². The molecule has 1 aromatic heterocycles. The molecule has 0 unspecified atom stereocenters. The van der Waals surface area contributed by atoms with Gasteiger partial charge in [0.2, 0.25) is 29.3 Å². The number of carbonyl (C=O) groups is 2. The van der Waals surface area contributed by atoms with E-state index in [1.807, 2.05) is 13.8 Å². The fourth-order valence-electron chi connectivity index (χ4n) is 8.19. The third-order valence-electron chi connectivity index (χ3n) is 9.71. The van der Waals surface area contributed by atoms with Crippen LogP contribution in [0.3, 0.4) is 0 Å². The first-order valence-electron chi connectivity index (χ1n) is 12.4. The van der Waals surface area contributed by atoms with Gasteiger partial charge in [0.05, 0.1) is 12.4 Å². The van der Waals surface area contributed by atoms with E-state index in [4.69, 9.17) is 26.1 Å². The van der Waals surface area contributed by atoms with E-state index in [9.17, 15) is 23.5 Å². The van der Waals surface area contributed by atoms with Gasteiger partial charge in [-0.25, -0.2) is 13.6 Å². The van der Waals surface area contributed by atoms with Gasteiger partial charge >= 0.3 is 5.97 Å². The third kappa shape index (κ3) is 3.37. The first-order chi connectivity index (χ1) is 17.4. The van der Waals surface area contributed by atoms with E-state index in [1.165, 1.54) is 18.4 Å². The maximum Gasteiger partial charge on any atom is 0.375 e. The number of aliphatic hydroxyl groups is 1. The van der Waals surface area contributed by atoms with Crippen LogP contribution in [0.4, 0.5) is 13.2 Å². The number of ether oxygens (including phenoxy) is 2. The first-order valence-corrected chi connectivity index (χ1v) is 12.8. The van der Waals surface area contributed by atoms with Gasteiger partial charge in [-0.1, -0.05) is 19.4 Å². The molecule has 6 nitrogen and oxygen atoms in total. The van der Waals surface area contributed by atoms with Crippen LogP contribution in [-0.4, -0.2) is 40.5 Å². The topological polar surface area (TPSA) is 86.0 Å². The standard InChI is InChI=1S/C27H29F3O6S/c1-13-9-16-15-7-6-14-10-17(31)21(29)22(30)26(14,3)20(15)18(32)11-25(16,2)27(13,24(37)35-12-28)36-23(33)19-5-4-8-34-19/h4-5,8,10,13,15-16,18,20,32H,6-7,9,11-12H2,1-3H3/t13-,15+,16+,18+,20-,25+,26+,27+/m1/s1. The largest absolute Gasteiger partial charge is 0.457 e. The zero-order chi connectivity index (χ0) is 26.9. The average Bonchev–Trinajstić information content (AvgIpc) is 3.45. The zero-order valence-electron chi connectivity index (χ0n) is 20.8. The first kappa shape index (κ1) is 26.2. The maximum atomic E-state index is 15.5. The normalized spacial score (nSPS) is 40.9. The van der Waals surface area contributed by atoms with Crippen LogP contribution in [0.5, 0.6) is 0 Å². The predicted molar refractivity (Wildman–Crippen MR) is 129 cm³/mol. The van der Waals surface area contributed by atoms with Gasteiger partial charge in [0, 0.05) is 22.7 Å². The minimum atomic E-state index is -1.59. The minimum absolute atomic E-state index is 0.0100. The van der Waals surface area contributed by atoms with Crippen molar-refractivity contribution in [3.05, 3.63) is 47.5 Å². The summed E-state index contributed by atoms with van der Waals surface area (Å²) >= 11 is 5.52. The second-order valence-electron chi connectivity index (χ2n) is 11.2. The Balaban J connectivity index is 1.60. The molecule has 5 rings (SSSR count). The van der Waals surface area contributed by atoms with E-state index in [0.29, 0.717) is 24.8 Å². The van der Waals surface area contributed by atoms with Crippen LogP contribution < -0.4 is 0 Å². The molecular formula is C27H29F3O6S. The van der Waals surface area contributed by atoms with Crippen LogP contribution in [0.2, 0.25) is 0 Å². The number of allylic oxidation sites excluding steroid dienone is 4. The highest BCUT2D eigenvalue weighted by Crippen LogP contribution is 2.70. The van der Waals surface area contributed by atoms with E-state index in [2.05, 4.69) is 0 Å². The fraction of sp³-hybridized carbons (Fsp3) is 0.593. The number of halogens is 3. The Hall–Kier alpha value is -2.46. The highest BCUT2D eigenvalue weighted by molar-refractivity contribution is 7.80. The highest BCUT2D eigenvalue weighted by Gasteiger charge is 2.73. The van der Waals surface area contributed by atoms with Gasteiger partial charge in [0.25, 0.3) is 0 Å². The molecule has 200 valence electrons. The number of ketones is 1. The number of hydrogen-bond donors (Lipinski definition) is 1. The van der Waals surface area contributed by atoms with Gasteiger partial charge < -0.3 is 19.0 Å². The van der Waals surface area contributed by atoms with Crippen molar-refractivity contribution in [3.63, 3.8) is 0 Å². The molecule has 1 heterocycles. The van der Waals surface area contributed by atoms with Crippen LogP contribution in [0.15, 0.2) is 46.1 Å². The summed E-state index contributed by atoms with van der Waals surface area (Å²) in [7, 11) is 0. The SMILES string of the molecule is C[C@@H]1C[C@H]2[C@@H]3CCC4=CC(=O)C(F)=C(F)[C@]4(C)[C@H]3[C@@H](O)C[C@]2(C)[C@@]1(OC(=O)c1ccco1)C(=S)OCF. The molecule has 1 aromatic rings. The second-order valence-corrected chi connectivity index (χ2v) is 11.5. The van der Waals surface area contributed by atoms with Gasteiger partial charge in [-0.2, -0.15) is 4.39 Å². The molecule has 0 aliphatic heterocycles. The van der Waals surface area contributed by atoms with Gasteiger partial charge in [-0.05, 0) is 74.9 Å². The molecule has 10 heteroatoms. The van der Waals surface area contributed by atoms with Crippen LogP contribution in [-0.2, 0) is 14.3 Å². The Kier molecular flexibility index (Phi) is 6.22. The maximum absolute atomic E-state index is 15.5. The number of carbonyl (C=O) groups excluding carboxylic acids is 2. The molecule has 0 radical (unpaired) electrons. The average molecular weight is 539 g/mol. The molecule has 0 amide bonds. The number of aliphatic hydroxyl groups excluding tert-OH is 1. The van der Waals surface area contributed by atoms with Crippen molar-refractivity contribution in [2.24, 2.45) is 34.5 Å². The summed E-state index contributed by atoms with van der Waals surface area (Å²) in [5.41, 5.74) is -3.61. The summed E-state index contributed by atoms with van der Waals surface area (Å²) in [5, 5.41) is 11.4. The molecule has 3 saturated carbocycles. The molecule has 0 spiro atoms. The van der Waals surface area contributed by atoms with Crippen molar-refractivity contribution in [2.75, 3.05) is 6.86 Å². The molecule has 8 atom stereocenters. The molecule has 0 aromatic carbocycles. The summed E-state index contributed by atoms with van der Waals surface area (Å²) in [4.78, 5) is 25.1. The van der Waals surface area contributed by atoms with Gasteiger partial charge in [0.1, 0.15) is 5.83 Å². The number of hydrogen-bond acceptors (Lipinski definition) is 7. The van der Waals surface area contributed by atoms with Gasteiger partial charge in [0.15, 0.2) is 5.60 Å². The summed E-state index contributed by atoms with van der Waals surface area (Å²) in [5.74, 6) is -6.17. The van der Waals surface area contributed by atoms with Crippen molar-refractivity contribution in [2.45, 2.75) is 58.2 Å². The lowest BCUT2D eigenvalue weighted by atomic mass is 9.46. The Morgan fingerprint density at radius 2 is 2.05 bits per heavy atom. The molecule has 0 bridgehead atoms. The Morgan fingerprint density at radius 3 is 2.70 bits per heavy atom. The van der Waals surface area contributed by atoms with Crippen LogP contribution in [0.25, 0.3) is 0 Å². The molecule has 3 fully saturated rings. The summed E-state index contributed by atoms with van der Waals surface area (Å²) in [6.07, 6.45) is 2.66. The van der Waals surface area contributed by atoms with Crippen LogP contribution >= 0.6 is 12.2 Å². The van der Waals surface area contributed by atoms with Crippen molar-refractivity contribution in [3.8, 4) is 0 Å². The second kappa shape index (κ2) is 8.80. The number of thiocarbonyl (C=S) groups is 1. The Bertz CT molecular complexity index is 1210. The number of furan rings is 1. The number of rotatable bonds is 4. The predicted octanol–water partition coefficient (Wildman–Crippen LogP) is 5.57. The van der Waals surface area contributed by atoms with Crippen molar-refractivity contribution in [1.29, 1.82) is 0 Å². The van der Waals surface area contributed by atoms with Crippen molar-refractivity contribution >= 4 is 29.0 Å². The minimum Gasteiger partial charge on any atom is -0.457 e. The Morgan fingerprint density at radius 1 is 1.32 bits per heavy atom. The number of esters is 1.